The van der Waals surface area contributed by atoms with Crippen LogP contribution in [0.5, 0.6) is 0 Å². The van der Waals surface area contributed by atoms with E-state index in [-0.39, 0.29) is 13.0 Å². The molecule has 1 aromatic carbocycles. The quantitative estimate of drug-likeness (QED) is 0.490. The fraction of sp³-hybridized carbons (Fsp3) is 0.471. The number of alkyl carbamates (subject to hydrolysis) is 1. The van der Waals surface area contributed by atoms with E-state index >= 15 is 0 Å². The molecule has 0 aliphatic carbocycles. The normalized spacial score (nSPS) is 11.8. The minimum Gasteiger partial charge on any atom is -0.464 e. The Morgan fingerprint density at radius 3 is 2.38 bits per heavy atom. The third kappa shape index (κ3) is 7.07. The number of carbonyl (C=O) groups is 2. The first kappa shape index (κ1) is 19.4. The van der Waals surface area contributed by atoms with Gasteiger partial charge >= 0.3 is 12.1 Å². The number of hydrogen-bond acceptors (Lipinski definition) is 6. The van der Waals surface area contributed by atoms with Crippen LogP contribution in [0.4, 0.5) is 10.5 Å². The molecule has 0 heterocycles. The van der Waals surface area contributed by atoms with Crippen molar-refractivity contribution in [3.05, 3.63) is 29.8 Å². The number of aliphatic imine (C=N–C) groups is 1. The van der Waals surface area contributed by atoms with Gasteiger partial charge in [-0.25, -0.2) is 14.4 Å². The maximum atomic E-state index is 12.1. The molecule has 24 heavy (non-hydrogen) atoms. The molecule has 0 aliphatic heterocycles. The summed E-state index contributed by atoms with van der Waals surface area (Å²) in [4.78, 5) is 37.7. The smallest absolute Gasteiger partial charge is 0.408 e. The summed E-state index contributed by atoms with van der Waals surface area (Å²) in [6, 6.07) is 5.78. The Bertz CT molecular complexity index is 613. The number of amides is 1. The van der Waals surface area contributed by atoms with Crippen LogP contribution in [0.25, 0.3) is 0 Å². The average molecular weight is 334 g/mol. The molecule has 1 unspecified atom stereocenters. The van der Waals surface area contributed by atoms with Crippen LogP contribution in [0.15, 0.2) is 29.3 Å². The zero-order valence-corrected chi connectivity index (χ0v) is 14.3. The fourth-order valence-corrected chi connectivity index (χ4v) is 1.88. The molecule has 1 rings (SSSR count). The highest BCUT2D eigenvalue weighted by molar-refractivity contribution is 5.81. The lowest BCUT2D eigenvalue weighted by Gasteiger charge is -2.23. The predicted octanol–water partition coefficient (Wildman–Crippen LogP) is 2.65. The summed E-state index contributed by atoms with van der Waals surface area (Å²) >= 11 is 0. The molecule has 0 aromatic heterocycles. The number of esters is 1. The van der Waals surface area contributed by atoms with Crippen LogP contribution in [0.2, 0.25) is 0 Å². The second-order valence-electron chi connectivity index (χ2n) is 6.02. The molecule has 7 nitrogen and oxygen atoms in total. The number of ether oxygens (including phenoxy) is 2. The van der Waals surface area contributed by atoms with Crippen molar-refractivity contribution >= 4 is 23.8 Å². The summed E-state index contributed by atoms with van der Waals surface area (Å²) < 4.78 is 10.2. The summed E-state index contributed by atoms with van der Waals surface area (Å²) in [6.45, 7) is 7.10. The van der Waals surface area contributed by atoms with Crippen LogP contribution in [0.3, 0.4) is 0 Å². The molecule has 0 saturated heterocycles. The van der Waals surface area contributed by atoms with Crippen LogP contribution >= 0.6 is 0 Å². The molecular formula is C17H22N2O5. The zero-order valence-electron chi connectivity index (χ0n) is 14.3. The highest BCUT2D eigenvalue weighted by atomic mass is 16.6. The van der Waals surface area contributed by atoms with Crippen LogP contribution < -0.4 is 5.32 Å². The van der Waals surface area contributed by atoms with Crippen molar-refractivity contribution in [2.45, 2.75) is 45.8 Å². The van der Waals surface area contributed by atoms with Crippen LogP contribution in [0, 0.1) is 0 Å². The van der Waals surface area contributed by atoms with E-state index in [1.165, 1.54) is 6.08 Å². The SMILES string of the molecule is CCOC(=O)C(Cc1ccc(N=C=O)cc1)NC(=O)OC(C)(C)C. The van der Waals surface area contributed by atoms with Crippen molar-refractivity contribution < 1.29 is 23.9 Å². The van der Waals surface area contributed by atoms with Gasteiger partial charge in [0.1, 0.15) is 11.6 Å². The van der Waals surface area contributed by atoms with Gasteiger partial charge in [0.15, 0.2) is 0 Å². The lowest BCUT2D eigenvalue weighted by Crippen LogP contribution is -2.45. The predicted molar refractivity (Wildman–Crippen MR) is 87.7 cm³/mol. The van der Waals surface area contributed by atoms with Gasteiger partial charge in [0.05, 0.1) is 12.3 Å². The van der Waals surface area contributed by atoms with Crippen molar-refractivity contribution in [2.75, 3.05) is 6.61 Å². The standard InChI is InChI=1S/C17H22N2O5/c1-5-23-15(21)14(19-16(22)24-17(2,3)4)10-12-6-8-13(9-7-12)18-11-20/h6-9,14H,5,10H2,1-4H3,(H,19,22). The summed E-state index contributed by atoms with van der Waals surface area (Å²) in [7, 11) is 0. The van der Waals surface area contributed by atoms with Crippen molar-refractivity contribution in [1.29, 1.82) is 0 Å². The van der Waals surface area contributed by atoms with Crippen LogP contribution in [-0.2, 0) is 25.5 Å². The van der Waals surface area contributed by atoms with E-state index in [1.807, 2.05) is 0 Å². The Balaban J connectivity index is 2.83. The molecule has 7 heteroatoms. The molecule has 130 valence electrons. The monoisotopic (exact) mass is 334 g/mol. The molecule has 1 atom stereocenters. The number of rotatable bonds is 6. The molecule has 1 aromatic rings. The van der Waals surface area contributed by atoms with Gasteiger partial charge in [-0.15, -0.1) is 0 Å². The highest BCUT2D eigenvalue weighted by Crippen LogP contribution is 2.14. The Kier molecular flexibility index (Phi) is 7.14. The summed E-state index contributed by atoms with van der Waals surface area (Å²) in [5, 5.41) is 2.52. The van der Waals surface area contributed by atoms with Crippen molar-refractivity contribution in [3.8, 4) is 0 Å². The molecule has 1 N–H and O–H groups in total. The van der Waals surface area contributed by atoms with Crippen LogP contribution in [-0.4, -0.2) is 36.4 Å². The molecule has 0 bridgehead atoms. The second-order valence-corrected chi connectivity index (χ2v) is 6.02. The highest BCUT2D eigenvalue weighted by Gasteiger charge is 2.25. The first-order valence-electron chi connectivity index (χ1n) is 7.58. The van der Waals surface area contributed by atoms with E-state index in [2.05, 4.69) is 10.3 Å². The van der Waals surface area contributed by atoms with E-state index in [9.17, 15) is 14.4 Å². The van der Waals surface area contributed by atoms with E-state index < -0.39 is 23.7 Å². The van der Waals surface area contributed by atoms with Gasteiger partial charge < -0.3 is 14.8 Å². The minimum atomic E-state index is -0.875. The molecule has 0 radical (unpaired) electrons. The first-order valence-corrected chi connectivity index (χ1v) is 7.58. The topological polar surface area (TPSA) is 94.1 Å². The summed E-state index contributed by atoms with van der Waals surface area (Å²) in [6.07, 6.45) is 0.988. The van der Waals surface area contributed by atoms with Gasteiger partial charge in [-0.1, -0.05) is 12.1 Å². The third-order valence-corrected chi connectivity index (χ3v) is 2.81. The minimum absolute atomic E-state index is 0.207. The molecule has 0 saturated carbocycles. The lowest BCUT2D eigenvalue weighted by molar-refractivity contribution is -0.145. The average Bonchev–Trinajstić information content (AvgIpc) is 2.47. The van der Waals surface area contributed by atoms with Gasteiger partial charge in [0.2, 0.25) is 6.08 Å². The molecule has 0 spiro atoms. The fourth-order valence-electron chi connectivity index (χ4n) is 1.88. The Morgan fingerprint density at radius 1 is 1.25 bits per heavy atom. The number of carbonyl (C=O) groups excluding carboxylic acids is 3. The van der Waals surface area contributed by atoms with E-state index in [0.717, 1.165) is 5.56 Å². The van der Waals surface area contributed by atoms with E-state index in [1.54, 1.807) is 52.0 Å². The third-order valence-electron chi connectivity index (χ3n) is 2.81. The number of hydrogen-bond donors (Lipinski definition) is 1. The number of nitrogens with one attached hydrogen (secondary N) is 1. The number of benzene rings is 1. The molecular weight excluding hydrogens is 312 g/mol. The van der Waals surface area contributed by atoms with Gasteiger partial charge in [-0.3, -0.25) is 0 Å². The number of isocyanates is 1. The second kappa shape index (κ2) is 8.84. The zero-order chi connectivity index (χ0) is 18.2. The van der Waals surface area contributed by atoms with E-state index in [0.29, 0.717) is 5.69 Å². The molecule has 0 aliphatic rings. The lowest BCUT2D eigenvalue weighted by atomic mass is 10.1. The molecule has 1 amide bonds. The Hall–Kier alpha value is -2.66. The van der Waals surface area contributed by atoms with Gasteiger partial charge in [-0.2, -0.15) is 4.99 Å². The first-order chi connectivity index (χ1) is 11.2. The number of nitrogens with zero attached hydrogens (tertiary/aromatic N) is 1. The Morgan fingerprint density at radius 2 is 1.88 bits per heavy atom. The van der Waals surface area contributed by atoms with Gasteiger partial charge in [-0.05, 0) is 45.4 Å². The van der Waals surface area contributed by atoms with Crippen LogP contribution in [0.1, 0.15) is 33.3 Å². The summed E-state index contributed by atoms with van der Waals surface area (Å²) in [5.41, 5.74) is 0.563. The van der Waals surface area contributed by atoms with Gasteiger partial charge in [0.25, 0.3) is 0 Å². The van der Waals surface area contributed by atoms with Crippen molar-refractivity contribution in [3.63, 3.8) is 0 Å². The van der Waals surface area contributed by atoms with Crippen molar-refractivity contribution in [2.24, 2.45) is 4.99 Å². The Labute approximate surface area is 141 Å². The van der Waals surface area contributed by atoms with Gasteiger partial charge in [0, 0.05) is 6.42 Å². The molecule has 0 fully saturated rings. The maximum Gasteiger partial charge on any atom is 0.408 e. The largest absolute Gasteiger partial charge is 0.464 e. The maximum absolute atomic E-state index is 12.1. The summed E-state index contributed by atoms with van der Waals surface area (Å²) in [5.74, 6) is -0.543. The van der Waals surface area contributed by atoms with E-state index in [4.69, 9.17) is 9.47 Å². The van der Waals surface area contributed by atoms with Crippen molar-refractivity contribution in [1.82, 2.24) is 5.32 Å².